The number of amides is 4. The van der Waals surface area contributed by atoms with Gasteiger partial charge < -0.3 is 20.4 Å². The largest absolute Gasteiger partial charge is 0.459 e. The molecule has 0 fully saturated rings. The Kier molecular flexibility index (Phi) is 6.49. The molecule has 0 saturated heterocycles. The van der Waals surface area contributed by atoms with E-state index >= 15 is 0 Å². The van der Waals surface area contributed by atoms with Gasteiger partial charge >= 0.3 is 0 Å². The van der Waals surface area contributed by atoms with Gasteiger partial charge in [0.2, 0.25) is 11.8 Å². The first-order valence-corrected chi connectivity index (χ1v) is 10.4. The molecule has 168 valence electrons. The Labute approximate surface area is 189 Å². The van der Waals surface area contributed by atoms with E-state index in [-0.39, 0.29) is 42.4 Å². The fourth-order valence-corrected chi connectivity index (χ4v) is 3.44. The first-order chi connectivity index (χ1) is 16.0. The highest BCUT2D eigenvalue weighted by Gasteiger charge is 2.27. The van der Waals surface area contributed by atoms with Crippen LogP contribution >= 0.6 is 0 Å². The summed E-state index contributed by atoms with van der Waals surface area (Å²) in [5, 5.41) is 8.20. The van der Waals surface area contributed by atoms with Crippen molar-refractivity contribution in [3.63, 3.8) is 0 Å². The summed E-state index contributed by atoms with van der Waals surface area (Å²) in [6.45, 7) is 0.274. The van der Waals surface area contributed by atoms with Gasteiger partial charge in [0.15, 0.2) is 5.76 Å². The predicted octanol–water partition coefficient (Wildman–Crippen LogP) is 3.03. The van der Waals surface area contributed by atoms with Crippen molar-refractivity contribution in [1.29, 1.82) is 0 Å². The molecule has 9 heteroatoms. The lowest BCUT2D eigenvalue weighted by Crippen LogP contribution is -2.42. The molecule has 3 aromatic rings. The Morgan fingerprint density at radius 2 is 1.79 bits per heavy atom. The minimum Gasteiger partial charge on any atom is -0.459 e. The number of carbonyl (C=O) groups is 4. The number of fused-ring (bicyclic) bond motifs is 1. The molecule has 2 heterocycles. The molecular formula is C24H22N4O5. The summed E-state index contributed by atoms with van der Waals surface area (Å²) in [7, 11) is 0. The second-order valence-corrected chi connectivity index (χ2v) is 7.42. The highest BCUT2D eigenvalue weighted by Crippen LogP contribution is 2.30. The minimum absolute atomic E-state index is 0.0647. The number of anilines is 3. The summed E-state index contributed by atoms with van der Waals surface area (Å²) in [6.07, 6.45) is 2.10. The van der Waals surface area contributed by atoms with Crippen molar-refractivity contribution in [3.8, 4) is 0 Å². The van der Waals surface area contributed by atoms with Crippen LogP contribution in [-0.4, -0.2) is 36.7 Å². The summed E-state index contributed by atoms with van der Waals surface area (Å²) < 4.78 is 5.00. The summed E-state index contributed by atoms with van der Waals surface area (Å²) >= 11 is 0. The molecular weight excluding hydrogens is 424 g/mol. The molecule has 9 nitrogen and oxygen atoms in total. The average Bonchev–Trinajstić information content (AvgIpc) is 3.36. The maximum atomic E-state index is 13.0. The van der Waals surface area contributed by atoms with E-state index < -0.39 is 0 Å². The van der Waals surface area contributed by atoms with Gasteiger partial charge in [-0.25, -0.2) is 0 Å². The normalized spacial score (nSPS) is 12.5. The van der Waals surface area contributed by atoms with Gasteiger partial charge in [0.1, 0.15) is 6.54 Å². The Morgan fingerprint density at radius 3 is 2.55 bits per heavy atom. The number of para-hydroxylation sites is 2. The van der Waals surface area contributed by atoms with E-state index in [0.29, 0.717) is 35.6 Å². The van der Waals surface area contributed by atoms with Crippen LogP contribution in [0.5, 0.6) is 0 Å². The third kappa shape index (κ3) is 5.27. The van der Waals surface area contributed by atoms with E-state index in [2.05, 4.69) is 16.0 Å². The lowest BCUT2D eigenvalue weighted by atomic mass is 10.1. The van der Waals surface area contributed by atoms with E-state index in [0.717, 1.165) is 0 Å². The highest BCUT2D eigenvalue weighted by atomic mass is 16.3. The second kappa shape index (κ2) is 9.82. The molecule has 0 bridgehead atoms. The number of rotatable bonds is 7. The number of furan rings is 1. The molecule has 0 spiro atoms. The van der Waals surface area contributed by atoms with Gasteiger partial charge in [-0.2, -0.15) is 0 Å². The molecule has 0 atom stereocenters. The maximum absolute atomic E-state index is 13.0. The lowest BCUT2D eigenvalue weighted by Gasteiger charge is -2.29. The molecule has 0 aliphatic carbocycles. The Balaban J connectivity index is 1.28. The number of nitrogens with zero attached hydrogens (tertiary/aromatic N) is 1. The van der Waals surface area contributed by atoms with Crippen molar-refractivity contribution in [1.82, 2.24) is 5.32 Å². The molecule has 3 N–H and O–H groups in total. The average molecular weight is 446 g/mol. The Hall–Kier alpha value is -4.40. The molecule has 4 rings (SSSR count). The Bertz CT molecular complexity index is 1170. The van der Waals surface area contributed by atoms with Crippen LogP contribution in [-0.2, 0) is 9.59 Å². The van der Waals surface area contributed by atoms with Crippen LogP contribution in [0, 0.1) is 0 Å². The topological polar surface area (TPSA) is 121 Å². The third-order valence-corrected chi connectivity index (χ3v) is 5.04. The molecule has 4 amide bonds. The lowest BCUT2D eigenvalue weighted by molar-refractivity contribution is -0.116. The SMILES string of the molecule is O=C(CCCNC(=O)c1ccco1)Nc1ccc(C(=O)N2CC(=O)Nc3ccccc32)cc1. The van der Waals surface area contributed by atoms with Crippen molar-refractivity contribution in [2.75, 3.05) is 28.6 Å². The number of hydrogen-bond acceptors (Lipinski definition) is 5. The zero-order valence-corrected chi connectivity index (χ0v) is 17.7. The van der Waals surface area contributed by atoms with E-state index in [1.165, 1.54) is 11.2 Å². The third-order valence-electron chi connectivity index (χ3n) is 5.04. The van der Waals surface area contributed by atoms with Crippen molar-refractivity contribution in [2.24, 2.45) is 0 Å². The Morgan fingerprint density at radius 1 is 1.00 bits per heavy atom. The summed E-state index contributed by atoms with van der Waals surface area (Å²) in [6, 6.07) is 16.8. The smallest absolute Gasteiger partial charge is 0.286 e. The van der Waals surface area contributed by atoms with E-state index in [1.807, 2.05) is 0 Å². The molecule has 1 aromatic heterocycles. The van der Waals surface area contributed by atoms with E-state index in [9.17, 15) is 19.2 Å². The van der Waals surface area contributed by atoms with Gasteiger partial charge in [0.25, 0.3) is 11.8 Å². The first-order valence-electron chi connectivity index (χ1n) is 10.4. The molecule has 0 unspecified atom stereocenters. The maximum Gasteiger partial charge on any atom is 0.286 e. The predicted molar refractivity (Wildman–Crippen MR) is 122 cm³/mol. The van der Waals surface area contributed by atoms with Crippen LogP contribution in [0.1, 0.15) is 33.8 Å². The van der Waals surface area contributed by atoms with Gasteiger partial charge in [-0.3, -0.25) is 24.1 Å². The molecule has 2 aromatic carbocycles. The van der Waals surface area contributed by atoms with Crippen LogP contribution in [0.25, 0.3) is 0 Å². The number of carbonyl (C=O) groups excluding carboxylic acids is 4. The highest BCUT2D eigenvalue weighted by molar-refractivity contribution is 6.15. The van der Waals surface area contributed by atoms with E-state index in [1.54, 1.807) is 60.7 Å². The van der Waals surface area contributed by atoms with Crippen molar-refractivity contribution in [3.05, 3.63) is 78.3 Å². The molecule has 0 radical (unpaired) electrons. The van der Waals surface area contributed by atoms with Crippen LogP contribution < -0.4 is 20.9 Å². The van der Waals surface area contributed by atoms with Gasteiger partial charge in [0.05, 0.1) is 17.6 Å². The van der Waals surface area contributed by atoms with Crippen molar-refractivity contribution >= 4 is 40.7 Å². The standard InChI is InChI=1S/C24H22N4O5/c29-21(8-3-13-25-23(31)20-7-4-14-33-20)26-17-11-9-16(10-12-17)24(32)28-15-22(30)27-18-5-1-2-6-19(18)28/h1-2,4-7,9-12,14H,3,8,13,15H2,(H,25,31)(H,26,29)(H,27,30). The van der Waals surface area contributed by atoms with Gasteiger partial charge in [-0.1, -0.05) is 12.1 Å². The van der Waals surface area contributed by atoms with Gasteiger partial charge in [-0.15, -0.1) is 0 Å². The minimum atomic E-state index is -0.325. The van der Waals surface area contributed by atoms with Crippen LogP contribution in [0.3, 0.4) is 0 Å². The molecule has 33 heavy (non-hydrogen) atoms. The van der Waals surface area contributed by atoms with Crippen molar-refractivity contribution in [2.45, 2.75) is 12.8 Å². The fourth-order valence-electron chi connectivity index (χ4n) is 3.44. The van der Waals surface area contributed by atoms with Gasteiger partial charge in [0, 0.05) is 24.2 Å². The first kappa shape index (κ1) is 21.8. The number of hydrogen-bond donors (Lipinski definition) is 3. The fraction of sp³-hybridized carbons (Fsp3) is 0.167. The van der Waals surface area contributed by atoms with Crippen LogP contribution in [0.4, 0.5) is 17.1 Å². The van der Waals surface area contributed by atoms with E-state index in [4.69, 9.17) is 4.42 Å². The second-order valence-electron chi connectivity index (χ2n) is 7.42. The van der Waals surface area contributed by atoms with Gasteiger partial charge in [-0.05, 0) is 55.0 Å². The van der Waals surface area contributed by atoms with Crippen LogP contribution in [0.2, 0.25) is 0 Å². The summed E-state index contributed by atoms with van der Waals surface area (Å²) in [5.41, 5.74) is 2.18. The summed E-state index contributed by atoms with van der Waals surface area (Å²) in [4.78, 5) is 50.3. The van der Waals surface area contributed by atoms with Crippen molar-refractivity contribution < 1.29 is 23.6 Å². The zero-order valence-electron chi connectivity index (χ0n) is 17.7. The zero-order chi connectivity index (χ0) is 23.2. The van der Waals surface area contributed by atoms with Crippen LogP contribution in [0.15, 0.2) is 71.3 Å². The molecule has 1 aliphatic heterocycles. The quantitative estimate of drug-likeness (QED) is 0.482. The number of benzene rings is 2. The summed E-state index contributed by atoms with van der Waals surface area (Å²) in [5.74, 6) is -0.867. The molecule has 1 aliphatic rings. The number of nitrogens with one attached hydrogen (secondary N) is 3. The molecule has 0 saturated carbocycles. The monoisotopic (exact) mass is 446 g/mol.